The molecule has 1 saturated heterocycles. The van der Waals surface area contributed by atoms with Gasteiger partial charge in [-0.15, -0.1) is 0 Å². The number of benzene rings is 1. The molecule has 104 valence electrons. The van der Waals surface area contributed by atoms with Gasteiger partial charge in [-0.1, -0.05) is 0 Å². The summed E-state index contributed by atoms with van der Waals surface area (Å²) < 4.78 is 13.1. The number of nitrogens with zero attached hydrogens (tertiary/aromatic N) is 1. The molecule has 2 rings (SSSR count). The average molecular weight is 266 g/mol. The van der Waals surface area contributed by atoms with E-state index in [-0.39, 0.29) is 24.2 Å². The molecule has 4 nitrogen and oxygen atoms in total. The third-order valence-electron chi connectivity index (χ3n) is 3.47. The Morgan fingerprint density at radius 2 is 2.16 bits per heavy atom. The second-order valence-electron chi connectivity index (χ2n) is 4.89. The number of likely N-dealkylation sites (tertiary alicyclic amines) is 1. The van der Waals surface area contributed by atoms with E-state index in [2.05, 4.69) is 5.32 Å². The lowest BCUT2D eigenvalue weighted by atomic mass is 10.1. The largest absolute Gasteiger partial charge is 0.508 e. The van der Waals surface area contributed by atoms with E-state index < -0.39 is 5.82 Å². The van der Waals surface area contributed by atoms with Crippen LogP contribution in [-0.4, -0.2) is 35.5 Å². The summed E-state index contributed by atoms with van der Waals surface area (Å²) in [5.41, 5.74) is 0.467. The van der Waals surface area contributed by atoms with E-state index in [1.165, 1.54) is 18.2 Å². The number of rotatable bonds is 4. The summed E-state index contributed by atoms with van der Waals surface area (Å²) in [6.07, 6.45) is 2.12. The van der Waals surface area contributed by atoms with Crippen molar-refractivity contribution < 1.29 is 14.3 Å². The molecule has 5 heteroatoms. The van der Waals surface area contributed by atoms with E-state index in [9.17, 15) is 14.3 Å². The Labute approximate surface area is 112 Å². The first-order valence-corrected chi connectivity index (χ1v) is 6.57. The molecule has 1 unspecified atom stereocenters. The van der Waals surface area contributed by atoms with Crippen molar-refractivity contribution in [2.45, 2.75) is 25.8 Å². The van der Waals surface area contributed by atoms with Crippen LogP contribution in [-0.2, 0) is 4.79 Å². The summed E-state index contributed by atoms with van der Waals surface area (Å²) in [7, 11) is 0. The van der Waals surface area contributed by atoms with E-state index in [1.807, 2.05) is 4.90 Å². The van der Waals surface area contributed by atoms with Crippen molar-refractivity contribution in [1.82, 2.24) is 10.2 Å². The van der Waals surface area contributed by atoms with Gasteiger partial charge in [0.2, 0.25) is 5.91 Å². The van der Waals surface area contributed by atoms with Gasteiger partial charge < -0.3 is 15.3 Å². The highest BCUT2D eigenvalue weighted by Crippen LogP contribution is 2.24. The third-order valence-corrected chi connectivity index (χ3v) is 3.47. The number of carbonyl (C=O) groups is 1. The number of hydrogen-bond donors (Lipinski definition) is 2. The van der Waals surface area contributed by atoms with E-state index in [4.69, 9.17) is 0 Å². The summed E-state index contributed by atoms with van der Waals surface area (Å²) in [5, 5.41) is 12.7. The molecule has 0 radical (unpaired) electrons. The van der Waals surface area contributed by atoms with Crippen molar-refractivity contribution in [1.29, 1.82) is 0 Å². The minimum atomic E-state index is -0.396. The molecule has 1 heterocycles. The number of phenols is 1. The van der Waals surface area contributed by atoms with Crippen LogP contribution in [0.2, 0.25) is 0 Å². The van der Waals surface area contributed by atoms with Gasteiger partial charge in [0.05, 0.1) is 6.54 Å². The van der Waals surface area contributed by atoms with Crippen molar-refractivity contribution in [2.24, 2.45) is 0 Å². The number of amides is 1. The van der Waals surface area contributed by atoms with E-state index in [1.54, 1.807) is 6.92 Å². The minimum Gasteiger partial charge on any atom is -0.508 e. The smallest absolute Gasteiger partial charge is 0.236 e. The first-order chi connectivity index (χ1) is 9.08. The zero-order chi connectivity index (χ0) is 13.8. The molecule has 0 bridgehead atoms. The molecule has 0 spiro atoms. The highest BCUT2D eigenvalue weighted by atomic mass is 19.1. The monoisotopic (exact) mass is 266 g/mol. The van der Waals surface area contributed by atoms with E-state index in [0.29, 0.717) is 5.56 Å². The van der Waals surface area contributed by atoms with Gasteiger partial charge in [0, 0.05) is 24.7 Å². The highest BCUT2D eigenvalue weighted by molar-refractivity contribution is 5.78. The predicted molar refractivity (Wildman–Crippen MR) is 70.3 cm³/mol. The molecule has 1 aliphatic heterocycles. The maximum Gasteiger partial charge on any atom is 0.236 e. The first kappa shape index (κ1) is 13.8. The van der Waals surface area contributed by atoms with Crippen LogP contribution in [0.4, 0.5) is 4.39 Å². The maximum atomic E-state index is 13.1. The second-order valence-corrected chi connectivity index (χ2v) is 4.89. The molecule has 1 aromatic carbocycles. The first-order valence-electron chi connectivity index (χ1n) is 6.57. The lowest BCUT2D eigenvalue weighted by Gasteiger charge is -2.19. The van der Waals surface area contributed by atoms with Crippen LogP contribution in [0.25, 0.3) is 0 Å². The SMILES string of the molecule is CC(NCC(=O)N1CCCC1)c1cc(F)ccc1O. The highest BCUT2D eigenvalue weighted by Gasteiger charge is 2.19. The standard InChI is InChI=1S/C14H19FN2O2/c1-10(12-8-11(15)4-5-13(12)18)16-9-14(19)17-6-2-3-7-17/h4-5,8,10,16,18H,2-3,6-7,9H2,1H3. The predicted octanol–water partition coefficient (Wildman–Crippen LogP) is 1.80. The number of nitrogens with one attached hydrogen (secondary N) is 1. The molecule has 0 saturated carbocycles. The molecule has 1 amide bonds. The summed E-state index contributed by atoms with van der Waals surface area (Å²) in [5.74, 6) is -0.303. The number of carbonyl (C=O) groups excluding carboxylic acids is 1. The van der Waals surface area contributed by atoms with Crippen molar-refractivity contribution in [3.05, 3.63) is 29.6 Å². The summed E-state index contributed by atoms with van der Waals surface area (Å²) in [6.45, 7) is 3.64. The van der Waals surface area contributed by atoms with Crippen LogP contribution in [0.15, 0.2) is 18.2 Å². The molecule has 1 fully saturated rings. The Kier molecular flexibility index (Phi) is 4.37. The van der Waals surface area contributed by atoms with Gasteiger partial charge in [0.15, 0.2) is 0 Å². The van der Waals surface area contributed by atoms with Gasteiger partial charge in [-0.05, 0) is 38.0 Å². The number of aromatic hydroxyl groups is 1. The van der Waals surface area contributed by atoms with Crippen LogP contribution in [0.1, 0.15) is 31.4 Å². The molecule has 0 aliphatic carbocycles. The topological polar surface area (TPSA) is 52.6 Å². The fourth-order valence-electron chi connectivity index (χ4n) is 2.30. The fraction of sp³-hybridized carbons (Fsp3) is 0.500. The van der Waals surface area contributed by atoms with Crippen LogP contribution in [0.5, 0.6) is 5.75 Å². The number of halogens is 1. The molecule has 1 aromatic rings. The quantitative estimate of drug-likeness (QED) is 0.874. The van der Waals surface area contributed by atoms with Crippen LogP contribution in [0.3, 0.4) is 0 Å². The summed E-state index contributed by atoms with van der Waals surface area (Å²) >= 11 is 0. The van der Waals surface area contributed by atoms with Gasteiger partial charge in [-0.3, -0.25) is 4.79 Å². The molecule has 1 aliphatic rings. The fourth-order valence-corrected chi connectivity index (χ4v) is 2.30. The Hall–Kier alpha value is -1.62. The average Bonchev–Trinajstić information content (AvgIpc) is 2.92. The van der Waals surface area contributed by atoms with Crippen LogP contribution >= 0.6 is 0 Å². The van der Waals surface area contributed by atoms with Crippen molar-refractivity contribution in [3.63, 3.8) is 0 Å². The zero-order valence-electron chi connectivity index (χ0n) is 11.0. The van der Waals surface area contributed by atoms with E-state index in [0.717, 1.165) is 25.9 Å². The molecule has 2 N–H and O–H groups in total. The van der Waals surface area contributed by atoms with Crippen LogP contribution < -0.4 is 5.32 Å². The van der Waals surface area contributed by atoms with Gasteiger partial charge in [0.25, 0.3) is 0 Å². The lowest BCUT2D eigenvalue weighted by molar-refractivity contribution is -0.129. The number of phenolic OH excluding ortho intramolecular Hbond substituents is 1. The van der Waals surface area contributed by atoms with Crippen LogP contribution in [0, 0.1) is 5.82 Å². The summed E-state index contributed by atoms with van der Waals surface area (Å²) in [6, 6.07) is 3.54. The van der Waals surface area contributed by atoms with Crippen molar-refractivity contribution in [3.8, 4) is 5.75 Å². The van der Waals surface area contributed by atoms with Crippen molar-refractivity contribution in [2.75, 3.05) is 19.6 Å². The number of hydrogen-bond acceptors (Lipinski definition) is 3. The zero-order valence-corrected chi connectivity index (χ0v) is 11.0. The van der Waals surface area contributed by atoms with Gasteiger partial charge in [-0.25, -0.2) is 4.39 Å². The van der Waals surface area contributed by atoms with Gasteiger partial charge in [0.1, 0.15) is 11.6 Å². The maximum absolute atomic E-state index is 13.1. The molecule has 0 aromatic heterocycles. The molecule has 1 atom stereocenters. The minimum absolute atomic E-state index is 0.0371. The van der Waals surface area contributed by atoms with E-state index >= 15 is 0 Å². The Morgan fingerprint density at radius 1 is 1.47 bits per heavy atom. The summed E-state index contributed by atoms with van der Waals surface area (Å²) in [4.78, 5) is 13.7. The third kappa shape index (κ3) is 3.44. The molecule has 19 heavy (non-hydrogen) atoms. The second kappa shape index (κ2) is 6.02. The molecular formula is C14H19FN2O2. The van der Waals surface area contributed by atoms with Gasteiger partial charge >= 0.3 is 0 Å². The molecular weight excluding hydrogens is 247 g/mol. The van der Waals surface area contributed by atoms with Gasteiger partial charge in [-0.2, -0.15) is 0 Å². The van der Waals surface area contributed by atoms with Crippen molar-refractivity contribution >= 4 is 5.91 Å². The lowest BCUT2D eigenvalue weighted by Crippen LogP contribution is -2.37. The Balaban J connectivity index is 1.91. The normalized spacial score (nSPS) is 16.6. The Bertz CT molecular complexity index is 459. The Morgan fingerprint density at radius 3 is 2.84 bits per heavy atom.